The van der Waals surface area contributed by atoms with E-state index >= 15 is 0 Å². The van der Waals surface area contributed by atoms with E-state index in [1.807, 2.05) is 0 Å². The summed E-state index contributed by atoms with van der Waals surface area (Å²) in [7, 11) is 0. The van der Waals surface area contributed by atoms with Gasteiger partial charge in [0.1, 0.15) is 0 Å². The third-order valence-corrected chi connectivity index (χ3v) is 1.38. The van der Waals surface area contributed by atoms with Crippen LogP contribution in [0.4, 0.5) is 4.39 Å². The molecule has 0 nitrogen and oxygen atoms in total. The molecule has 0 saturated heterocycles. The van der Waals surface area contributed by atoms with Crippen LogP contribution in [0, 0.1) is 5.82 Å². The topological polar surface area (TPSA) is 0 Å². The molecule has 0 N–H and O–H groups in total. The van der Waals surface area contributed by atoms with Crippen molar-refractivity contribution in [3.05, 3.63) is 30.1 Å². The van der Waals surface area contributed by atoms with Crippen molar-refractivity contribution in [1.29, 1.82) is 0 Å². The predicted octanol–water partition coefficient (Wildman–Crippen LogP) is 0.619. The third kappa shape index (κ3) is 1.45. The number of benzene rings is 1. The van der Waals surface area contributed by atoms with Crippen LogP contribution in [0.25, 0.3) is 0 Å². The van der Waals surface area contributed by atoms with Crippen LogP contribution in [0.1, 0.15) is 0 Å². The van der Waals surface area contributed by atoms with Gasteiger partial charge in [0.05, 0.1) is 0 Å². The Morgan fingerprint density at radius 2 is 1.62 bits per heavy atom. The fraction of sp³-hybridized carbons (Fsp3) is 0. The number of halogens is 1. The van der Waals surface area contributed by atoms with Gasteiger partial charge in [-0.3, -0.25) is 0 Å². The van der Waals surface area contributed by atoms with Gasteiger partial charge in [0, 0.05) is 0 Å². The van der Waals surface area contributed by atoms with Gasteiger partial charge in [-0.25, -0.2) is 0 Å². The van der Waals surface area contributed by atoms with E-state index in [0.717, 1.165) is 3.69 Å². The average molecular weight is 119 g/mol. The summed E-state index contributed by atoms with van der Waals surface area (Å²) >= 11 is 1.74. The molecule has 1 rings (SSSR count). The first kappa shape index (κ1) is 6.04. The molecule has 2 heteroatoms. The van der Waals surface area contributed by atoms with Gasteiger partial charge in [0.15, 0.2) is 0 Å². The van der Waals surface area contributed by atoms with Crippen molar-refractivity contribution in [2.75, 3.05) is 0 Å². The Hall–Kier alpha value is -0.0838. The second-order valence-electron chi connectivity index (χ2n) is 1.63. The quantitative estimate of drug-likeness (QED) is 0.439. The van der Waals surface area contributed by atoms with Gasteiger partial charge in [-0.2, -0.15) is 0 Å². The third-order valence-electron chi connectivity index (χ3n) is 0.913. The maximum absolute atomic E-state index is 12.1. The van der Waals surface area contributed by atoms with Crippen LogP contribution in [0.3, 0.4) is 0 Å². The molecule has 0 saturated carbocycles. The Balaban J connectivity index is 3.03. The van der Waals surface area contributed by atoms with Crippen LogP contribution in [0.2, 0.25) is 0 Å². The average Bonchev–Trinajstić information content (AvgIpc) is 1.77. The number of hydrogen-bond acceptors (Lipinski definition) is 0. The van der Waals surface area contributed by atoms with Crippen molar-refractivity contribution in [1.82, 2.24) is 0 Å². The first-order valence-corrected chi connectivity index (χ1v) is 3.07. The molecule has 0 aromatic heterocycles. The Morgan fingerprint density at radius 3 is 2.00 bits per heavy atom. The van der Waals surface area contributed by atoms with E-state index in [0.29, 0.717) is 0 Å². The zero-order valence-corrected chi connectivity index (χ0v) is 5.81. The summed E-state index contributed by atoms with van der Waals surface area (Å²) in [6.45, 7) is 0. The minimum absolute atomic E-state index is 0.166. The van der Waals surface area contributed by atoms with Gasteiger partial charge in [0.25, 0.3) is 0 Å². The van der Waals surface area contributed by atoms with Crippen LogP contribution in [0.5, 0.6) is 0 Å². The Labute approximate surface area is 60.1 Å². The zero-order valence-electron chi connectivity index (χ0n) is 4.39. The first-order chi connectivity index (χ1) is 3.79. The number of hydrogen-bond donors (Lipinski definition) is 0. The molecular weight excluding hydrogens is 115 g/mol. The summed E-state index contributed by atoms with van der Waals surface area (Å²) in [5, 5.41) is 0. The molecule has 0 unspecified atom stereocenters. The Kier molecular flexibility index (Phi) is 1.86. The van der Waals surface area contributed by atoms with E-state index in [-0.39, 0.29) is 5.82 Å². The second-order valence-corrected chi connectivity index (χ2v) is 2.44. The molecule has 0 atom stereocenters. The fourth-order valence-corrected chi connectivity index (χ4v) is 0.720. The van der Waals surface area contributed by atoms with Gasteiger partial charge in [0.2, 0.25) is 0 Å². The van der Waals surface area contributed by atoms with Crippen LogP contribution >= 0.6 is 0 Å². The van der Waals surface area contributed by atoms with Crippen molar-refractivity contribution >= 4 is 25.4 Å². The molecule has 0 bridgehead atoms. The second kappa shape index (κ2) is 2.46. The normalized spacial score (nSPS) is 9.38. The van der Waals surface area contributed by atoms with Crippen LogP contribution < -0.4 is 3.69 Å². The first-order valence-electron chi connectivity index (χ1n) is 2.36. The standard InChI is InChI=1S/C6H4F.Mg/c7-6-4-2-1-3-5-6;/h2-5H;/q;+1. The Bertz CT molecular complexity index is 147. The molecule has 0 aliphatic heterocycles. The molecule has 36 valence electrons. The van der Waals surface area contributed by atoms with E-state index in [2.05, 4.69) is 0 Å². The van der Waals surface area contributed by atoms with E-state index < -0.39 is 0 Å². The maximum atomic E-state index is 12.1. The van der Waals surface area contributed by atoms with E-state index in [1.54, 1.807) is 33.8 Å². The molecule has 0 aliphatic rings. The summed E-state index contributed by atoms with van der Waals surface area (Å²) in [5.41, 5.74) is 0. The molecule has 1 aromatic rings. The molecular formula is C6H4FMg+. The minimum atomic E-state index is -0.166. The summed E-state index contributed by atoms with van der Waals surface area (Å²) in [6.07, 6.45) is 0. The summed E-state index contributed by atoms with van der Waals surface area (Å²) in [4.78, 5) is 0. The van der Waals surface area contributed by atoms with Crippen LogP contribution in [-0.2, 0) is 0 Å². The van der Waals surface area contributed by atoms with Crippen molar-refractivity contribution in [2.45, 2.75) is 0 Å². The molecule has 0 spiro atoms. The van der Waals surface area contributed by atoms with E-state index in [1.165, 1.54) is 12.1 Å². The SMILES string of the molecule is Fc1cc[c]([Mg+])cc1. The van der Waals surface area contributed by atoms with Crippen molar-refractivity contribution in [3.8, 4) is 0 Å². The van der Waals surface area contributed by atoms with Gasteiger partial charge in [-0.15, -0.1) is 0 Å². The summed E-state index contributed by atoms with van der Waals surface area (Å²) in [6, 6.07) is 6.44. The zero-order chi connectivity index (χ0) is 5.98. The fourth-order valence-electron chi connectivity index (χ4n) is 0.484. The predicted molar refractivity (Wildman–Crippen MR) is 31.8 cm³/mol. The van der Waals surface area contributed by atoms with Gasteiger partial charge < -0.3 is 0 Å². The summed E-state index contributed by atoms with van der Waals surface area (Å²) < 4.78 is 13.2. The molecule has 0 fully saturated rings. The summed E-state index contributed by atoms with van der Waals surface area (Å²) in [5.74, 6) is -0.166. The molecule has 0 amide bonds. The van der Waals surface area contributed by atoms with Crippen molar-refractivity contribution in [2.24, 2.45) is 0 Å². The van der Waals surface area contributed by atoms with Gasteiger partial charge in [-0.05, 0) is 0 Å². The molecule has 0 heterocycles. The Morgan fingerprint density at radius 1 is 1.12 bits per heavy atom. The number of rotatable bonds is 0. The van der Waals surface area contributed by atoms with Crippen LogP contribution in [0.15, 0.2) is 24.3 Å². The molecule has 8 heavy (non-hydrogen) atoms. The molecule has 1 aromatic carbocycles. The van der Waals surface area contributed by atoms with E-state index in [4.69, 9.17) is 0 Å². The van der Waals surface area contributed by atoms with Gasteiger partial charge in [-0.1, -0.05) is 0 Å². The van der Waals surface area contributed by atoms with Crippen LogP contribution in [-0.4, -0.2) is 21.7 Å². The van der Waals surface area contributed by atoms with Crippen molar-refractivity contribution in [3.63, 3.8) is 0 Å². The monoisotopic (exact) mass is 119 g/mol. The van der Waals surface area contributed by atoms with E-state index in [9.17, 15) is 4.39 Å². The van der Waals surface area contributed by atoms with Gasteiger partial charge >= 0.3 is 59.9 Å². The molecule has 0 aliphatic carbocycles. The van der Waals surface area contributed by atoms with Crippen molar-refractivity contribution < 1.29 is 4.39 Å². The molecule has 0 radical (unpaired) electrons.